The van der Waals surface area contributed by atoms with Crippen molar-refractivity contribution in [2.24, 2.45) is 0 Å². The summed E-state index contributed by atoms with van der Waals surface area (Å²) in [4.78, 5) is 28.1. The van der Waals surface area contributed by atoms with Crippen LogP contribution in [0.4, 0.5) is 4.79 Å². The van der Waals surface area contributed by atoms with Gasteiger partial charge in [-0.3, -0.25) is 4.79 Å². The van der Waals surface area contributed by atoms with E-state index in [1.165, 1.54) is 24.0 Å². The lowest BCUT2D eigenvalue weighted by atomic mass is 9.92. The van der Waals surface area contributed by atoms with Gasteiger partial charge in [0, 0.05) is 26.2 Å². The van der Waals surface area contributed by atoms with Gasteiger partial charge in [-0.15, -0.1) is 0 Å². The number of hydrogen-bond acceptors (Lipinski definition) is 4. The molecule has 6 heteroatoms. The number of benzene rings is 1. The van der Waals surface area contributed by atoms with Crippen LogP contribution in [0.5, 0.6) is 5.75 Å². The Balaban J connectivity index is 1.57. The van der Waals surface area contributed by atoms with E-state index in [1.807, 2.05) is 13.0 Å². The molecule has 0 spiro atoms. The Kier molecular flexibility index (Phi) is 6.58. The van der Waals surface area contributed by atoms with Crippen LogP contribution in [0.2, 0.25) is 0 Å². The van der Waals surface area contributed by atoms with Gasteiger partial charge in [-0.1, -0.05) is 13.0 Å². The van der Waals surface area contributed by atoms with E-state index in [4.69, 9.17) is 9.47 Å². The predicted octanol–water partition coefficient (Wildman–Crippen LogP) is 3.02. The lowest BCUT2D eigenvalue weighted by Crippen LogP contribution is -2.53. The highest BCUT2D eigenvalue weighted by Crippen LogP contribution is 2.26. The van der Waals surface area contributed by atoms with Crippen LogP contribution in [0, 0.1) is 0 Å². The third-order valence-corrected chi connectivity index (χ3v) is 5.36. The molecule has 1 fully saturated rings. The maximum atomic E-state index is 12.9. The molecule has 0 bridgehead atoms. The van der Waals surface area contributed by atoms with Gasteiger partial charge in [0.05, 0.1) is 6.61 Å². The quantitative estimate of drug-likeness (QED) is 0.795. The predicted molar refractivity (Wildman–Crippen MR) is 103 cm³/mol. The molecule has 1 aromatic rings. The third kappa shape index (κ3) is 4.73. The van der Waals surface area contributed by atoms with Gasteiger partial charge in [0.25, 0.3) is 5.91 Å². The molecule has 2 amide bonds. The summed E-state index contributed by atoms with van der Waals surface area (Å²) in [5, 5.41) is 0. The number of nitrogens with zero attached hydrogens (tertiary/aromatic N) is 2. The number of amides is 2. The number of carbonyl (C=O) groups excluding carboxylic acids is 2. The minimum atomic E-state index is -0.485. The smallest absolute Gasteiger partial charge is 0.409 e. The van der Waals surface area contributed by atoms with Crippen molar-refractivity contribution >= 4 is 12.0 Å². The maximum Gasteiger partial charge on any atom is 0.409 e. The lowest BCUT2D eigenvalue weighted by molar-refractivity contribution is -0.140. The van der Waals surface area contributed by atoms with Gasteiger partial charge < -0.3 is 19.3 Å². The molecule has 0 radical (unpaired) electrons. The summed E-state index contributed by atoms with van der Waals surface area (Å²) in [7, 11) is 0. The number of fused-ring (bicyclic) bond motifs is 1. The Morgan fingerprint density at radius 1 is 1.00 bits per heavy atom. The zero-order chi connectivity index (χ0) is 19.2. The van der Waals surface area contributed by atoms with Crippen molar-refractivity contribution in [3.05, 3.63) is 29.3 Å². The van der Waals surface area contributed by atoms with Gasteiger partial charge in [0.15, 0.2) is 6.10 Å². The molecule has 6 nitrogen and oxygen atoms in total. The van der Waals surface area contributed by atoms with E-state index in [2.05, 4.69) is 12.1 Å². The Labute approximate surface area is 161 Å². The number of piperazine rings is 1. The van der Waals surface area contributed by atoms with Crippen LogP contribution in [0.25, 0.3) is 0 Å². The van der Waals surface area contributed by atoms with Crippen LogP contribution < -0.4 is 4.74 Å². The molecule has 0 N–H and O–H groups in total. The molecule has 1 aromatic carbocycles. The van der Waals surface area contributed by atoms with E-state index in [-0.39, 0.29) is 12.0 Å². The van der Waals surface area contributed by atoms with Crippen LogP contribution in [0.3, 0.4) is 0 Å². The van der Waals surface area contributed by atoms with Gasteiger partial charge in [0.1, 0.15) is 5.75 Å². The Morgan fingerprint density at radius 3 is 2.33 bits per heavy atom. The molecule has 1 atom stereocenters. The maximum absolute atomic E-state index is 12.9. The van der Waals surface area contributed by atoms with Crippen molar-refractivity contribution in [3.8, 4) is 5.75 Å². The van der Waals surface area contributed by atoms with E-state index >= 15 is 0 Å². The van der Waals surface area contributed by atoms with Crippen LogP contribution in [-0.4, -0.2) is 60.7 Å². The molecule has 1 saturated heterocycles. The SMILES string of the molecule is CCOC(=O)N1CCN(C(=O)C(CC)Oc2ccc3c(c2)CCCC3)CC1. The van der Waals surface area contributed by atoms with Gasteiger partial charge in [-0.2, -0.15) is 0 Å². The first-order chi connectivity index (χ1) is 13.1. The van der Waals surface area contributed by atoms with Gasteiger partial charge in [-0.25, -0.2) is 4.79 Å². The van der Waals surface area contributed by atoms with Crippen LogP contribution in [-0.2, 0) is 22.4 Å². The first-order valence-corrected chi connectivity index (χ1v) is 10.1. The fourth-order valence-corrected chi connectivity index (χ4v) is 3.78. The molecule has 27 heavy (non-hydrogen) atoms. The van der Waals surface area contributed by atoms with Gasteiger partial charge >= 0.3 is 6.09 Å². The average molecular weight is 374 g/mol. The second-order valence-electron chi connectivity index (χ2n) is 7.16. The van der Waals surface area contributed by atoms with Crippen LogP contribution in [0.1, 0.15) is 44.2 Å². The molecule has 1 heterocycles. The van der Waals surface area contributed by atoms with Gasteiger partial charge in [0.2, 0.25) is 0 Å². The minimum Gasteiger partial charge on any atom is -0.481 e. The van der Waals surface area contributed by atoms with E-state index in [1.54, 1.807) is 16.7 Å². The fraction of sp³-hybridized carbons (Fsp3) is 0.619. The lowest BCUT2D eigenvalue weighted by Gasteiger charge is -2.35. The van der Waals surface area contributed by atoms with Crippen LogP contribution in [0.15, 0.2) is 18.2 Å². The summed E-state index contributed by atoms with van der Waals surface area (Å²) in [5.74, 6) is 0.778. The molecule has 148 valence electrons. The van der Waals surface area contributed by atoms with Crippen molar-refractivity contribution in [2.75, 3.05) is 32.8 Å². The fourth-order valence-electron chi connectivity index (χ4n) is 3.78. The molecule has 3 rings (SSSR count). The number of ether oxygens (including phenoxy) is 2. The normalized spacial score (nSPS) is 17.9. The topological polar surface area (TPSA) is 59.1 Å². The van der Waals surface area contributed by atoms with E-state index in [9.17, 15) is 9.59 Å². The molecular formula is C21H30N2O4. The molecular weight excluding hydrogens is 344 g/mol. The van der Waals surface area contributed by atoms with Crippen molar-refractivity contribution in [1.82, 2.24) is 9.80 Å². The molecule has 2 aliphatic rings. The summed E-state index contributed by atoms with van der Waals surface area (Å²) in [6, 6.07) is 6.22. The summed E-state index contributed by atoms with van der Waals surface area (Å²) in [6.07, 6.45) is 4.53. The molecule has 1 unspecified atom stereocenters. The number of hydrogen-bond donors (Lipinski definition) is 0. The van der Waals surface area contributed by atoms with E-state index in [0.29, 0.717) is 39.2 Å². The van der Waals surface area contributed by atoms with Crippen molar-refractivity contribution < 1.29 is 19.1 Å². The van der Waals surface area contributed by atoms with Crippen LogP contribution >= 0.6 is 0 Å². The summed E-state index contributed by atoms with van der Waals surface area (Å²) >= 11 is 0. The highest BCUT2D eigenvalue weighted by atomic mass is 16.6. The third-order valence-electron chi connectivity index (χ3n) is 5.36. The summed E-state index contributed by atoms with van der Waals surface area (Å²) < 4.78 is 11.1. The minimum absolute atomic E-state index is 0.00118. The summed E-state index contributed by atoms with van der Waals surface area (Å²) in [5.41, 5.74) is 2.76. The Bertz CT molecular complexity index is 668. The molecule has 1 aliphatic heterocycles. The zero-order valence-electron chi connectivity index (χ0n) is 16.4. The average Bonchev–Trinajstić information content (AvgIpc) is 2.71. The second-order valence-corrected chi connectivity index (χ2v) is 7.16. The first-order valence-electron chi connectivity index (χ1n) is 10.1. The summed E-state index contributed by atoms with van der Waals surface area (Å²) in [6.45, 7) is 6.16. The standard InChI is InChI=1S/C21H30N2O4/c1-3-19(27-18-10-9-16-7-5-6-8-17(16)15-18)20(24)22-11-13-23(14-12-22)21(25)26-4-2/h9-10,15,19H,3-8,11-14H2,1-2H3. The number of carbonyl (C=O) groups is 2. The Hall–Kier alpha value is -2.24. The molecule has 1 aliphatic carbocycles. The van der Waals surface area contributed by atoms with Gasteiger partial charge in [-0.05, 0) is 62.3 Å². The zero-order valence-corrected chi connectivity index (χ0v) is 16.4. The monoisotopic (exact) mass is 374 g/mol. The molecule has 0 saturated carbocycles. The van der Waals surface area contributed by atoms with Crippen molar-refractivity contribution in [2.45, 2.75) is 52.1 Å². The highest BCUT2D eigenvalue weighted by Gasteiger charge is 2.29. The first kappa shape index (κ1) is 19.5. The highest BCUT2D eigenvalue weighted by molar-refractivity contribution is 5.81. The van der Waals surface area contributed by atoms with E-state index in [0.717, 1.165) is 18.6 Å². The second kappa shape index (κ2) is 9.11. The number of rotatable bonds is 5. The Morgan fingerprint density at radius 2 is 1.67 bits per heavy atom. The van der Waals surface area contributed by atoms with Crippen molar-refractivity contribution in [1.29, 1.82) is 0 Å². The molecule has 0 aromatic heterocycles. The van der Waals surface area contributed by atoms with E-state index < -0.39 is 6.10 Å². The van der Waals surface area contributed by atoms with Crippen molar-refractivity contribution in [3.63, 3.8) is 0 Å². The number of aryl methyl sites for hydroxylation is 2. The largest absolute Gasteiger partial charge is 0.481 e.